The zero-order chi connectivity index (χ0) is 17.8. The van der Waals surface area contributed by atoms with E-state index in [4.69, 9.17) is 4.74 Å². The lowest BCUT2D eigenvalue weighted by atomic mass is 10.1. The number of aryl methyl sites for hydroxylation is 1. The number of nitrogens with zero attached hydrogens (tertiary/aromatic N) is 3. The molecule has 1 N–H and O–H groups in total. The van der Waals surface area contributed by atoms with Gasteiger partial charge in [0.2, 0.25) is 0 Å². The first-order valence-electron chi connectivity index (χ1n) is 9.11. The summed E-state index contributed by atoms with van der Waals surface area (Å²) >= 11 is 1.85. The molecule has 1 aliphatic rings. The van der Waals surface area contributed by atoms with Crippen LogP contribution in [0.1, 0.15) is 28.0 Å². The van der Waals surface area contributed by atoms with Crippen LogP contribution in [0.25, 0.3) is 10.6 Å². The number of ether oxygens (including phenoxy) is 1. The second kappa shape index (κ2) is 8.12. The van der Waals surface area contributed by atoms with Crippen molar-refractivity contribution in [1.82, 2.24) is 20.3 Å². The third kappa shape index (κ3) is 4.03. The first kappa shape index (κ1) is 17.4. The predicted octanol–water partition coefficient (Wildman–Crippen LogP) is 3.28. The standard InChI is InChI=1S/C20H24N4OS/c1-25-9-3-6-15-4-2-5-16(10-15)13-24-14-18(22-23-24)20-11-17-12-21-8-7-19(17)26-20/h2,4-5,10-11,14,21H,3,6-9,12-13H2,1H3. The monoisotopic (exact) mass is 368 g/mol. The van der Waals surface area contributed by atoms with Gasteiger partial charge in [0.25, 0.3) is 0 Å². The molecule has 0 spiro atoms. The summed E-state index contributed by atoms with van der Waals surface area (Å²) in [5.41, 5.74) is 4.99. The van der Waals surface area contributed by atoms with Gasteiger partial charge in [-0.2, -0.15) is 0 Å². The Labute approximate surface area is 158 Å². The summed E-state index contributed by atoms with van der Waals surface area (Å²) in [6, 6.07) is 11.0. The van der Waals surface area contributed by atoms with Crippen molar-refractivity contribution in [3.05, 3.63) is 58.1 Å². The highest BCUT2D eigenvalue weighted by Crippen LogP contribution is 2.31. The van der Waals surface area contributed by atoms with Crippen molar-refractivity contribution in [3.63, 3.8) is 0 Å². The van der Waals surface area contributed by atoms with Crippen LogP contribution in [0, 0.1) is 0 Å². The van der Waals surface area contributed by atoms with Gasteiger partial charge in [-0.3, -0.25) is 0 Å². The van der Waals surface area contributed by atoms with Crippen molar-refractivity contribution >= 4 is 11.3 Å². The molecule has 4 rings (SSSR count). The SMILES string of the molecule is COCCCc1cccc(Cn2cc(-c3cc4c(s3)CCNC4)nn2)c1. The normalized spacial score (nSPS) is 13.7. The molecule has 0 saturated heterocycles. The summed E-state index contributed by atoms with van der Waals surface area (Å²) < 4.78 is 7.07. The number of thiophene rings is 1. The van der Waals surface area contributed by atoms with Crippen LogP contribution in [0.2, 0.25) is 0 Å². The van der Waals surface area contributed by atoms with Crippen LogP contribution >= 0.6 is 11.3 Å². The zero-order valence-corrected chi connectivity index (χ0v) is 15.9. The fourth-order valence-electron chi connectivity index (χ4n) is 3.36. The summed E-state index contributed by atoms with van der Waals surface area (Å²) in [6.07, 6.45) is 5.26. The first-order chi connectivity index (χ1) is 12.8. The molecule has 1 aromatic carbocycles. The van der Waals surface area contributed by atoms with E-state index >= 15 is 0 Å². The predicted molar refractivity (Wildman–Crippen MR) is 104 cm³/mol. The highest BCUT2D eigenvalue weighted by atomic mass is 32.1. The summed E-state index contributed by atoms with van der Waals surface area (Å²) in [7, 11) is 1.75. The topological polar surface area (TPSA) is 52.0 Å². The van der Waals surface area contributed by atoms with Crippen LogP contribution in [0.4, 0.5) is 0 Å². The molecule has 26 heavy (non-hydrogen) atoms. The molecule has 6 heteroatoms. The van der Waals surface area contributed by atoms with E-state index in [1.807, 2.05) is 16.0 Å². The summed E-state index contributed by atoms with van der Waals surface area (Å²) in [6.45, 7) is 3.59. The first-order valence-corrected chi connectivity index (χ1v) is 9.93. The Morgan fingerprint density at radius 2 is 2.19 bits per heavy atom. The number of hydrogen-bond donors (Lipinski definition) is 1. The van der Waals surface area contributed by atoms with Crippen molar-refractivity contribution in [2.24, 2.45) is 0 Å². The summed E-state index contributed by atoms with van der Waals surface area (Å²) in [5, 5.41) is 12.2. The molecule has 5 nitrogen and oxygen atoms in total. The van der Waals surface area contributed by atoms with Crippen LogP contribution in [-0.4, -0.2) is 35.3 Å². The number of fused-ring (bicyclic) bond motifs is 1. The maximum absolute atomic E-state index is 5.14. The van der Waals surface area contributed by atoms with Gasteiger partial charge in [0.15, 0.2) is 0 Å². The molecule has 0 unspecified atom stereocenters. The van der Waals surface area contributed by atoms with E-state index in [-0.39, 0.29) is 0 Å². The Hall–Kier alpha value is -2.02. The largest absolute Gasteiger partial charge is 0.385 e. The number of hydrogen-bond acceptors (Lipinski definition) is 5. The molecule has 0 radical (unpaired) electrons. The van der Waals surface area contributed by atoms with Gasteiger partial charge in [-0.05, 0) is 42.0 Å². The highest BCUT2D eigenvalue weighted by Gasteiger charge is 2.15. The molecule has 1 aliphatic heterocycles. The average molecular weight is 369 g/mol. The minimum Gasteiger partial charge on any atom is -0.385 e. The molecule has 0 atom stereocenters. The molecular weight excluding hydrogens is 344 g/mol. The van der Waals surface area contributed by atoms with Crippen LogP contribution in [0.3, 0.4) is 0 Å². The van der Waals surface area contributed by atoms with Gasteiger partial charge in [0.1, 0.15) is 5.69 Å². The van der Waals surface area contributed by atoms with Crippen molar-refractivity contribution in [2.75, 3.05) is 20.3 Å². The number of nitrogens with one attached hydrogen (secondary N) is 1. The maximum Gasteiger partial charge on any atom is 0.123 e. The lowest BCUT2D eigenvalue weighted by molar-refractivity contribution is 0.195. The van der Waals surface area contributed by atoms with Crippen LogP contribution in [-0.2, 0) is 30.7 Å². The molecule has 136 valence electrons. The van der Waals surface area contributed by atoms with E-state index in [0.29, 0.717) is 0 Å². The molecule has 0 saturated carbocycles. The van der Waals surface area contributed by atoms with Gasteiger partial charge in [-0.25, -0.2) is 4.68 Å². The van der Waals surface area contributed by atoms with Gasteiger partial charge in [0.05, 0.1) is 17.6 Å². The summed E-state index contributed by atoms with van der Waals surface area (Å²) in [4.78, 5) is 2.70. The van der Waals surface area contributed by atoms with E-state index < -0.39 is 0 Å². The smallest absolute Gasteiger partial charge is 0.123 e. The Morgan fingerprint density at radius 1 is 1.27 bits per heavy atom. The zero-order valence-electron chi connectivity index (χ0n) is 15.1. The molecule has 0 aliphatic carbocycles. The Kier molecular flexibility index (Phi) is 5.43. The lowest BCUT2D eigenvalue weighted by Gasteiger charge is -2.10. The van der Waals surface area contributed by atoms with Crippen LogP contribution in [0.15, 0.2) is 36.5 Å². The molecule has 3 heterocycles. The molecular formula is C20H24N4OS. The minimum absolute atomic E-state index is 0.748. The Balaban J connectivity index is 1.45. The lowest BCUT2D eigenvalue weighted by Crippen LogP contribution is -2.21. The van der Waals surface area contributed by atoms with E-state index in [9.17, 15) is 0 Å². The van der Waals surface area contributed by atoms with Crippen LogP contribution < -0.4 is 5.32 Å². The number of rotatable bonds is 7. The van der Waals surface area contributed by atoms with Gasteiger partial charge in [-0.15, -0.1) is 16.4 Å². The quantitative estimate of drug-likeness (QED) is 0.650. The Bertz CT molecular complexity index is 847. The molecule has 0 amide bonds. The number of methoxy groups -OCH3 is 1. The van der Waals surface area contributed by atoms with Crippen molar-refractivity contribution in [1.29, 1.82) is 0 Å². The number of aromatic nitrogens is 3. The van der Waals surface area contributed by atoms with Crippen LogP contribution in [0.5, 0.6) is 0 Å². The fraction of sp³-hybridized carbons (Fsp3) is 0.400. The maximum atomic E-state index is 5.14. The molecule has 0 fully saturated rings. The Morgan fingerprint density at radius 3 is 3.08 bits per heavy atom. The second-order valence-electron chi connectivity index (χ2n) is 6.70. The van der Waals surface area contributed by atoms with Gasteiger partial charge >= 0.3 is 0 Å². The molecule has 2 aromatic heterocycles. The second-order valence-corrected chi connectivity index (χ2v) is 7.84. The van der Waals surface area contributed by atoms with Gasteiger partial charge in [0, 0.05) is 31.7 Å². The average Bonchev–Trinajstić information content (AvgIpc) is 3.29. The van der Waals surface area contributed by atoms with E-state index in [1.165, 1.54) is 26.4 Å². The number of benzene rings is 1. The van der Waals surface area contributed by atoms with Gasteiger partial charge in [-0.1, -0.05) is 29.5 Å². The van der Waals surface area contributed by atoms with Gasteiger partial charge < -0.3 is 10.1 Å². The minimum atomic E-state index is 0.748. The van der Waals surface area contributed by atoms with Crippen molar-refractivity contribution in [3.8, 4) is 10.6 Å². The highest BCUT2D eigenvalue weighted by molar-refractivity contribution is 7.15. The van der Waals surface area contributed by atoms with Crippen molar-refractivity contribution < 1.29 is 4.74 Å². The van der Waals surface area contributed by atoms with E-state index in [1.54, 1.807) is 7.11 Å². The third-order valence-corrected chi connectivity index (χ3v) is 5.94. The van der Waals surface area contributed by atoms with E-state index in [2.05, 4.69) is 52.2 Å². The molecule has 3 aromatic rings. The fourth-order valence-corrected chi connectivity index (χ4v) is 4.49. The summed E-state index contributed by atoms with van der Waals surface area (Å²) in [5.74, 6) is 0. The third-order valence-electron chi connectivity index (χ3n) is 4.68. The molecule has 0 bridgehead atoms. The van der Waals surface area contributed by atoms with E-state index in [0.717, 1.165) is 51.2 Å². The van der Waals surface area contributed by atoms with Crippen molar-refractivity contribution in [2.45, 2.75) is 32.4 Å².